The average Bonchev–Trinajstić information content (AvgIpc) is 2.68. The molecule has 186 valence electrons. The summed E-state index contributed by atoms with van der Waals surface area (Å²) in [5.74, 6) is 1.67. The lowest BCUT2D eigenvalue weighted by Crippen LogP contribution is -2.43. The molecule has 0 aliphatic heterocycles. The van der Waals surface area contributed by atoms with E-state index in [4.69, 9.17) is 14.5 Å². The smallest absolute Gasteiger partial charge is 0.121 e. The molecule has 0 fully saturated rings. The highest BCUT2D eigenvalue weighted by molar-refractivity contribution is 5.93. The van der Waals surface area contributed by atoms with Gasteiger partial charge in [0.1, 0.15) is 24.7 Å². The molecule has 0 aliphatic rings. The van der Waals surface area contributed by atoms with Crippen LogP contribution in [-0.4, -0.2) is 67.3 Å². The molecule has 33 heavy (non-hydrogen) atoms. The van der Waals surface area contributed by atoms with Crippen LogP contribution in [0.1, 0.15) is 27.7 Å². The Balaban J connectivity index is 0.00000341. The average molecular weight is 519 g/mol. The van der Waals surface area contributed by atoms with E-state index in [1.165, 1.54) is 0 Å². The molecule has 3 aromatic rings. The van der Waals surface area contributed by atoms with Gasteiger partial charge in [-0.15, -0.1) is 37.2 Å². The molecule has 0 radical (unpaired) electrons. The Kier molecular flexibility index (Phi) is 11.7. The van der Waals surface area contributed by atoms with Crippen LogP contribution >= 0.6 is 37.2 Å². The zero-order valence-electron chi connectivity index (χ0n) is 20.8. The molecular formula is C25H38Cl3N3O2. The number of ether oxygens (including phenoxy) is 2. The van der Waals surface area contributed by atoms with Gasteiger partial charge in [0.05, 0.1) is 11.0 Å². The largest absolute Gasteiger partial charge is 0.492 e. The van der Waals surface area contributed by atoms with Crippen molar-refractivity contribution in [1.82, 2.24) is 14.8 Å². The van der Waals surface area contributed by atoms with Crippen molar-refractivity contribution in [3.8, 4) is 11.5 Å². The molecule has 0 saturated carbocycles. The summed E-state index contributed by atoms with van der Waals surface area (Å²) in [4.78, 5) is 9.21. The summed E-state index contributed by atoms with van der Waals surface area (Å²) in [6.45, 7) is 9.88. The second-order valence-electron chi connectivity index (χ2n) is 9.69. The van der Waals surface area contributed by atoms with Gasteiger partial charge in [0, 0.05) is 34.0 Å². The summed E-state index contributed by atoms with van der Waals surface area (Å²) in [6.07, 6.45) is 0. The Morgan fingerprint density at radius 3 is 1.33 bits per heavy atom. The van der Waals surface area contributed by atoms with Gasteiger partial charge in [0.25, 0.3) is 0 Å². The molecule has 0 unspecified atom stereocenters. The first-order valence-electron chi connectivity index (χ1n) is 10.4. The number of nitrogens with zero attached hydrogens (tertiary/aromatic N) is 3. The number of fused-ring (bicyclic) bond motifs is 2. The van der Waals surface area contributed by atoms with E-state index in [0.29, 0.717) is 13.2 Å². The molecule has 0 spiro atoms. The lowest BCUT2D eigenvalue weighted by Gasteiger charge is -2.32. The molecule has 1 aromatic heterocycles. The van der Waals surface area contributed by atoms with Crippen LogP contribution in [0.2, 0.25) is 0 Å². The van der Waals surface area contributed by atoms with Crippen LogP contribution < -0.4 is 9.47 Å². The molecule has 5 nitrogen and oxygen atoms in total. The predicted octanol–water partition coefficient (Wildman–Crippen LogP) is 6.09. The maximum atomic E-state index is 6.06. The molecule has 0 aliphatic carbocycles. The third-order valence-corrected chi connectivity index (χ3v) is 6.16. The number of aromatic nitrogens is 1. The van der Waals surface area contributed by atoms with Gasteiger partial charge >= 0.3 is 0 Å². The monoisotopic (exact) mass is 517 g/mol. The molecule has 0 amide bonds. The van der Waals surface area contributed by atoms with Crippen LogP contribution in [0.4, 0.5) is 0 Å². The summed E-state index contributed by atoms with van der Waals surface area (Å²) in [6, 6.07) is 14.4. The summed E-state index contributed by atoms with van der Waals surface area (Å²) in [5, 5.41) is 2.20. The molecule has 0 N–H and O–H groups in total. The number of halogens is 3. The van der Waals surface area contributed by atoms with Crippen molar-refractivity contribution < 1.29 is 9.47 Å². The standard InChI is InChI=1S/C25H35N3O2.3ClH/c1-24(2,27(5)6)16-29-20-11-9-18-13-19-10-12-21(15-23(19)26-22(18)14-20)30-17-25(3,4)28(7)8;;;/h9-15H,16-17H2,1-8H3;3*1H. The van der Waals surface area contributed by atoms with E-state index in [0.717, 1.165) is 33.3 Å². The van der Waals surface area contributed by atoms with E-state index >= 15 is 0 Å². The summed E-state index contributed by atoms with van der Waals surface area (Å²) in [5.41, 5.74) is 1.76. The van der Waals surface area contributed by atoms with Crippen LogP contribution in [-0.2, 0) is 0 Å². The van der Waals surface area contributed by atoms with Crippen molar-refractivity contribution in [2.75, 3.05) is 41.4 Å². The first-order valence-corrected chi connectivity index (χ1v) is 10.4. The first kappa shape index (κ1) is 31.5. The van der Waals surface area contributed by atoms with Gasteiger partial charge in [-0.2, -0.15) is 0 Å². The summed E-state index contributed by atoms with van der Waals surface area (Å²) < 4.78 is 12.1. The number of hydrogen-bond donors (Lipinski definition) is 0. The summed E-state index contributed by atoms with van der Waals surface area (Å²) in [7, 11) is 8.26. The molecule has 2 aromatic carbocycles. The normalized spacial score (nSPS) is 11.7. The minimum absolute atomic E-state index is 0. The van der Waals surface area contributed by atoms with Crippen LogP contribution in [0.5, 0.6) is 11.5 Å². The van der Waals surface area contributed by atoms with E-state index < -0.39 is 0 Å². The van der Waals surface area contributed by atoms with Crippen molar-refractivity contribution in [2.45, 2.75) is 38.8 Å². The molecular weight excluding hydrogens is 481 g/mol. The quantitative estimate of drug-likeness (QED) is 0.337. The first-order chi connectivity index (χ1) is 14.0. The summed E-state index contributed by atoms with van der Waals surface area (Å²) >= 11 is 0. The maximum Gasteiger partial charge on any atom is 0.121 e. The van der Waals surface area contributed by atoms with Gasteiger partial charge in [-0.1, -0.05) is 0 Å². The van der Waals surface area contributed by atoms with Crippen LogP contribution in [0.15, 0.2) is 42.5 Å². The highest BCUT2D eigenvalue weighted by Gasteiger charge is 2.22. The lowest BCUT2D eigenvalue weighted by atomic mass is 10.1. The van der Waals surface area contributed by atoms with E-state index in [9.17, 15) is 0 Å². The van der Waals surface area contributed by atoms with Gasteiger partial charge in [0.15, 0.2) is 0 Å². The van der Waals surface area contributed by atoms with Gasteiger partial charge in [0.2, 0.25) is 0 Å². The van der Waals surface area contributed by atoms with Crippen LogP contribution in [0, 0.1) is 0 Å². The number of rotatable bonds is 8. The Labute approximate surface area is 217 Å². The Morgan fingerprint density at radius 1 is 0.636 bits per heavy atom. The molecule has 1 heterocycles. The van der Waals surface area contributed by atoms with Gasteiger partial charge in [-0.3, -0.25) is 0 Å². The number of benzene rings is 2. The van der Waals surface area contributed by atoms with Gasteiger partial charge < -0.3 is 19.3 Å². The van der Waals surface area contributed by atoms with Crippen molar-refractivity contribution in [3.05, 3.63) is 42.5 Å². The molecule has 0 bridgehead atoms. The van der Waals surface area contributed by atoms with Crippen molar-refractivity contribution in [1.29, 1.82) is 0 Å². The molecule has 0 atom stereocenters. The maximum absolute atomic E-state index is 6.06. The fourth-order valence-electron chi connectivity index (χ4n) is 2.74. The Morgan fingerprint density at radius 2 is 1.00 bits per heavy atom. The topological polar surface area (TPSA) is 37.8 Å². The van der Waals surface area contributed by atoms with Gasteiger partial charge in [-0.25, -0.2) is 4.98 Å². The zero-order valence-corrected chi connectivity index (χ0v) is 23.3. The highest BCUT2D eigenvalue weighted by atomic mass is 35.5. The SMILES string of the molecule is CN(C)C(C)(C)COc1ccc2cc3ccc(OCC(C)(C)N(C)C)cc3nc2c1.Cl.Cl.Cl. The van der Waals surface area contributed by atoms with Crippen LogP contribution in [0.3, 0.4) is 0 Å². The molecule has 3 rings (SSSR count). The number of likely N-dealkylation sites (N-methyl/N-ethyl adjacent to an activating group) is 2. The van der Waals surface area contributed by atoms with Gasteiger partial charge in [-0.05, 0) is 86.2 Å². The second kappa shape index (κ2) is 12.3. The van der Waals surface area contributed by atoms with Crippen molar-refractivity contribution in [3.63, 3.8) is 0 Å². The molecule has 0 saturated heterocycles. The van der Waals surface area contributed by atoms with Crippen LogP contribution in [0.25, 0.3) is 21.8 Å². The van der Waals surface area contributed by atoms with E-state index in [1.807, 2.05) is 24.3 Å². The third kappa shape index (κ3) is 7.76. The van der Waals surface area contributed by atoms with E-state index in [1.54, 1.807) is 0 Å². The minimum Gasteiger partial charge on any atom is -0.492 e. The zero-order chi connectivity index (χ0) is 22.1. The van der Waals surface area contributed by atoms with E-state index in [2.05, 4.69) is 83.9 Å². The highest BCUT2D eigenvalue weighted by Crippen LogP contribution is 2.27. The van der Waals surface area contributed by atoms with Crippen molar-refractivity contribution >= 4 is 59.0 Å². The number of pyridine rings is 1. The van der Waals surface area contributed by atoms with Crippen molar-refractivity contribution in [2.24, 2.45) is 0 Å². The van der Waals surface area contributed by atoms with E-state index in [-0.39, 0.29) is 48.3 Å². The third-order valence-electron chi connectivity index (χ3n) is 6.16. The number of hydrogen-bond acceptors (Lipinski definition) is 5. The Hall–Kier alpha value is -1.50. The fourth-order valence-corrected chi connectivity index (χ4v) is 2.74. The minimum atomic E-state index is -0.0433. The molecule has 8 heteroatoms. The lowest BCUT2D eigenvalue weighted by molar-refractivity contribution is 0.114. The Bertz CT molecular complexity index is 961. The second-order valence-corrected chi connectivity index (χ2v) is 9.69. The predicted molar refractivity (Wildman–Crippen MR) is 148 cm³/mol. The fraction of sp³-hybridized carbons (Fsp3) is 0.480.